The van der Waals surface area contributed by atoms with Crippen LogP contribution in [0.3, 0.4) is 0 Å². The van der Waals surface area contributed by atoms with Gasteiger partial charge in [-0.15, -0.1) is 11.3 Å². The summed E-state index contributed by atoms with van der Waals surface area (Å²) in [7, 11) is 0. The maximum atomic E-state index is 12.6. The van der Waals surface area contributed by atoms with Crippen molar-refractivity contribution in [2.45, 2.75) is 53.1 Å². The quantitative estimate of drug-likeness (QED) is 0.311. The van der Waals surface area contributed by atoms with Crippen molar-refractivity contribution in [3.63, 3.8) is 0 Å². The average Bonchev–Trinajstić information content (AvgIpc) is 3.01. The topological polar surface area (TPSA) is 90.9 Å². The van der Waals surface area contributed by atoms with Crippen molar-refractivity contribution in [3.05, 3.63) is 44.2 Å². The molecule has 0 spiro atoms. The van der Waals surface area contributed by atoms with Gasteiger partial charge in [0, 0.05) is 11.4 Å². The van der Waals surface area contributed by atoms with E-state index in [0.29, 0.717) is 27.8 Å². The number of carbonyl (C=O) groups is 3. The summed E-state index contributed by atoms with van der Waals surface area (Å²) in [6.45, 7) is 8.98. The van der Waals surface area contributed by atoms with E-state index in [4.69, 9.17) is 37.4 Å². The fraction of sp³-hybridized carbons (Fsp3) is 0.435. The van der Waals surface area contributed by atoms with Gasteiger partial charge < -0.3 is 19.5 Å². The van der Waals surface area contributed by atoms with Crippen molar-refractivity contribution >= 4 is 57.4 Å². The van der Waals surface area contributed by atoms with E-state index in [-0.39, 0.29) is 41.0 Å². The summed E-state index contributed by atoms with van der Waals surface area (Å²) in [6, 6.07) is 4.89. The van der Waals surface area contributed by atoms with Crippen molar-refractivity contribution in [1.29, 1.82) is 0 Å². The van der Waals surface area contributed by atoms with Gasteiger partial charge in [0.2, 0.25) is 5.91 Å². The van der Waals surface area contributed by atoms with Gasteiger partial charge in [0.1, 0.15) is 21.2 Å². The van der Waals surface area contributed by atoms with Crippen LogP contribution in [0.25, 0.3) is 0 Å². The molecule has 0 atom stereocenters. The van der Waals surface area contributed by atoms with E-state index in [1.54, 1.807) is 52.8 Å². The summed E-state index contributed by atoms with van der Waals surface area (Å²) in [5.41, 5.74) is -0.141. The summed E-state index contributed by atoms with van der Waals surface area (Å²) in [6.07, 6.45) is 0.537. The van der Waals surface area contributed by atoms with E-state index in [1.165, 1.54) is 0 Å². The Kier molecular flexibility index (Phi) is 9.57. The second-order valence-electron chi connectivity index (χ2n) is 8.06. The Labute approximate surface area is 207 Å². The van der Waals surface area contributed by atoms with Crippen LogP contribution >= 0.6 is 34.5 Å². The molecule has 1 heterocycles. The van der Waals surface area contributed by atoms with Crippen molar-refractivity contribution < 1.29 is 28.6 Å². The van der Waals surface area contributed by atoms with Gasteiger partial charge in [0.05, 0.1) is 23.8 Å². The molecule has 1 N–H and O–H groups in total. The third-order valence-corrected chi connectivity index (χ3v) is 5.88. The molecule has 0 aliphatic heterocycles. The van der Waals surface area contributed by atoms with Crippen molar-refractivity contribution in [2.24, 2.45) is 0 Å². The Bertz CT molecular complexity index is 1030. The number of halogens is 2. The van der Waals surface area contributed by atoms with Gasteiger partial charge in [-0.2, -0.15) is 0 Å². The maximum absolute atomic E-state index is 12.6. The normalized spacial score (nSPS) is 11.1. The lowest BCUT2D eigenvalue weighted by atomic mass is 10.1. The number of carbonyl (C=O) groups excluding carboxylic acids is 3. The Morgan fingerprint density at radius 3 is 2.42 bits per heavy atom. The molecule has 1 aromatic carbocycles. The number of hydrogen-bond donors (Lipinski definition) is 1. The minimum atomic E-state index is -0.700. The highest BCUT2D eigenvalue weighted by molar-refractivity contribution is 7.18. The van der Waals surface area contributed by atoms with Crippen LogP contribution in [0.1, 0.15) is 66.1 Å². The molecule has 0 saturated carbocycles. The van der Waals surface area contributed by atoms with Crippen molar-refractivity contribution in [1.82, 2.24) is 0 Å². The summed E-state index contributed by atoms with van der Waals surface area (Å²) >= 11 is 12.9. The Balaban J connectivity index is 2.07. The molecule has 0 unspecified atom stereocenters. The van der Waals surface area contributed by atoms with Gasteiger partial charge in [0.25, 0.3) is 0 Å². The monoisotopic (exact) mass is 515 g/mol. The van der Waals surface area contributed by atoms with E-state index in [2.05, 4.69) is 5.32 Å². The van der Waals surface area contributed by atoms with E-state index >= 15 is 0 Å². The number of nitrogens with one attached hydrogen (secondary N) is 1. The standard InChI is InChI=1S/C23H27Cl2NO6S/c1-6-30-21(28)18-13(2)19(22(29)32-23(3,4)5)33-20(18)26-17(27)8-7-11-31-16-10-9-14(24)12-15(16)25/h9-10,12H,6-8,11H2,1-5H3,(H,26,27). The predicted octanol–water partition coefficient (Wildman–Crippen LogP) is 6.29. The average molecular weight is 516 g/mol. The lowest BCUT2D eigenvalue weighted by molar-refractivity contribution is -0.116. The van der Waals surface area contributed by atoms with Crippen molar-refractivity contribution in [3.8, 4) is 5.75 Å². The Morgan fingerprint density at radius 1 is 1.12 bits per heavy atom. The van der Waals surface area contributed by atoms with Gasteiger partial charge in [-0.3, -0.25) is 4.79 Å². The van der Waals surface area contributed by atoms with Gasteiger partial charge in [-0.25, -0.2) is 9.59 Å². The minimum Gasteiger partial charge on any atom is -0.492 e. The molecule has 0 bridgehead atoms. The molecule has 0 radical (unpaired) electrons. The summed E-state index contributed by atoms with van der Waals surface area (Å²) in [5.74, 6) is -1.04. The second-order valence-corrected chi connectivity index (χ2v) is 9.92. The molecule has 10 heteroatoms. The van der Waals surface area contributed by atoms with Crippen LogP contribution in [-0.2, 0) is 14.3 Å². The lowest BCUT2D eigenvalue weighted by Crippen LogP contribution is -2.23. The largest absolute Gasteiger partial charge is 0.492 e. The molecule has 0 fully saturated rings. The molecule has 33 heavy (non-hydrogen) atoms. The number of ether oxygens (including phenoxy) is 3. The third-order valence-electron chi connectivity index (χ3n) is 4.16. The minimum absolute atomic E-state index is 0.131. The lowest BCUT2D eigenvalue weighted by Gasteiger charge is -2.19. The Hall–Kier alpha value is -2.29. The zero-order valence-corrected chi connectivity index (χ0v) is 21.5. The molecular weight excluding hydrogens is 489 g/mol. The molecule has 0 aliphatic carbocycles. The fourth-order valence-electron chi connectivity index (χ4n) is 2.77. The molecule has 0 aliphatic rings. The molecular formula is C23H27Cl2NO6S. The smallest absolute Gasteiger partial charge is 0.349 e. The van der Waals surface area contributed by atoms with Crippen LogP contribution in [0.5, 0.6) is 5.75 Å². The van der Waals surface area contributed by atoms with Crippen LogP contribution in [0, 0.1) is 6.92 Å². The number of rotatable bonds is 9. The molecule has 180 valence electrons. The third kappa shape index (κ3) is 7.91. The fourth-order valence-corrected chi connectivity index (χ4v) is 4.32. The van der Waals surface area contributed by atoms with E-state index in [1.807, 2.05) is 0 Å². The molecule has 7 nitrogen and oxygen atoms in total. The first-order chi connectivity index (χ1) is 15.4. The predicted molar refractivity (Wildman–Crippen MR) is 130 cm³/mol. The van der Waals surface area contributed by atoms with Crippen LogP contribution in [0.2, 0.25) is 10.0 Å². The van der Waals surface area contributed by atoms with Gasteiger partial charge >= 0.3 is 11.9 Å². The van der Waals surface area contributed by atoms with E-state index in [0.717, 1.165) is 11.3 Å². The summed E-state index contributed by atoms with van der Waals surface area (Å²) in [5, 5.41) is 3.85. The Morgan fingerprint density at radius 2 is 1.82 bits per heavy atom. The van der Waals surface area contributed by atoms with Crippen LogP contribution in [0.15, 0.2) is 18.2 Å². The van der Waals surface area contributed by atoms with E-state index in [9.17, 15) is 14.4 Å². The first-order valence-electron chi connectivity index (χ1n) is 10.3. The van der Waals surface area contributed by atoms with Gasteiger partial charge in [-0.1, -0.05) is 23.2 Å². The molecule has 1 aromatic heterocycles. The first-order valence-corrected chi connectivity index (χ1v) is 11.9. The summed E-state index contributed by atoms with van der Waals surface area (Å²) < 4.78 is 16.1. The molecule has 2 aromatic rings. The van der Waals surface area contributed by atoms with Gasteiger partial charge in [-0.05, 0) is 64.8 Å². The zero-order chi connectivity index (χ0) is 24.8. The maximum Gasteiger partial charge on any atom is 0.349 e. The SMILES string of the molecule is CCOC(=O)c1c(NC(=O)CCCOc2ccc(Cl)cc2Cl)sc(C(=O)OC(C)(C)C)c1C. The van der Waals surface area contributed by atoms with Crippen molar-refractivity contribution in [2.75, 3.05) is 18.5 Å². The number of hydrogen-bond acceptors (Lipinski definition) is 7. The number of esters is 2. The second kappa shape index (κ2) is 11.7. The first kappa shape index (κ1) is 27.0. The van der Waals surface area contributed by atoms with Crippen LogP contribution < -0.4 is 10.1 Å². The summed E-state index contributed by atoms with van der Waals surface area (Å²) in [4.78, 5) is 37.9. The van der Waals surface area contributed by atoms with Crippen LogP contribution in [0.4, 0.5) is 5.00 Å². The zero-order valence-electron chi connectivity index (χ0n) is 19.2. The molecule has 1 amide bonds. The molecule has 2 rings (SSSR count). The molecule has 0 saturated heterocycles. The highest BCUT2D eigenvalue weighted by Gasteiger charge is 2.29. The highest BCUT2D eigenvalue weighted by atomic mass is 35.5. The number of amides is 1. The highest BCUT2D eigenvalue weighted by Crippen LogP contribution is 2.35. The number of benzene rings is 1. The number of anilines is 1. The van der Waals surface area contributed by atoms with E-state index < -0.39 is 17.5 Å². The van der Waals surface area contributed by atoms with Gasteiger partial charge in [0.15, 0.2) is 0 Å². The number of thiophene rings is 1. The van der Waals surface area contributed by atoms with Crippen LogP contribution in [-0.4, -0.2) is 36.7 Å².